The van der Waals surface area contributed by atoms with Gasteiger partial charge in [0, 0.05) is 51.0 Å². The molecule has 1 unspecified atom stereocenters. The van der Waals surface area contributed by atoms with Crippen LogP contribution in [0.15, 0.2) is 67.3 Å². The summed E-state index contributed by atoms with van der Waals surface area (Å²) in [5, 5.41) is 4.19. The molecular formula is C26H26FN7O. The van der Waals surface area contributed by atoms with Crippen LogP contribution in [0.5, 0.6) is 0 Å². The van der Waals surface area contributed by atoms with Gasteiger partial charge in [-0.1, -0.05) is 12.1 Å². The van der Waals surface area contributed by atoms with Crippen molar-refractivity contribution in [2.24, 2.45) is 0 Å². The Balaban J connectivity index is 1.52. The number of anilines is 1. The van der Waals surface area contributed by atoms with Crippen LogP contribution < -0.4 is 4.90 Å². The number of piperidine rings is 1. The molecule has 35 heavy (non-hydrogen) atoms. The minimum absolute atomic E-state index is 0.0933. The van der Waals surface area contributed by atoms with Crippen LogP contribution in [0.3, 0.4) is 0 Å². The molecule has 8 nitrogen and oxygen atoms in total. The molecule has 0 spiro atoms. The van der Waals surface area contributed by atoms with E-state index in [-0.39, 0.29) is 17.8 Å². The van der Waals surface area contributed by atoms with Crippen molar-refractivity contribution in [3.8, 4) is 16.9 Å². The Labute approximate surface area is 203 Å². The third-order valence-corrected chi connectivity index (χ3v) is 6.17. The summed E-state index contributed by atoms with van der Waals surface area (Å²) in [4.78, 5) is 31.2. The molecule has 0 bridgehead atoms. The van der Waals surface area contributed by atoms with Gasteiger partial charge in [-0.25, -0.2) is 24.0 Å². The molecule has 5 rings (SSSR count). The fourth-order valence-electron chi connectivity index (χ4n) is 4.38. The monoisotopic (exact) mass is 471 g/mol. The first-order chi connectivity index (χ1) is 17.0. The number of carbonyl (C=O) groups excluding carboxylic acids is 1. The lowest BCUT2D eigenvalue weighted by atomic mass is 9.93. The maximum Gasteiger partial charge on any atom is 0.255 e. The van der Waals surface area contributed by atoms with Gasteiger partial charge in [0.1, 0.15) is 5.82 Å². The Morgan fingerprint density at radius 1 is 1.06 bits per heavy atom. The van der Waals surface area contributed by atoms with Crippen molar-refractivity contribution in [1.82, 2.24) is 29.6 Å². The molecule has 1 saturated heterocycles. The van der Waals surface area contributed by atoms with Crippen molar-refractivity contribution in [2.75, 3.05) is 25.5 Å². The van der Waals surface area contributed by atoms with E-state index in [2.05, 4.69) is 15.1 Å². The van der Waals surface area contributed by atoms with E-state index in [1.807, 2.05) is 30.0 Å². The molecular weight excluding hydrogens is 445 g/mol. The first-order valence-corrected chi connectivity index (χ1v) is 11.6. The van der Waals surface area contributed by atoms with Gasteiger partial charge in [-0.3, -0.25) is 4.79 Å². The highest BCUT2D eigenvalue weighted by molar-refractivity contribution is 5.94. The minimum Gasteiger partial charge on any atom is -0.347 e. The average molecular weight is 472 g/mol. The van der Waals surface area contributed by atoms with Gasteiger partial charge in [0.15, 0.2) is 5.82 Å². The third kappa shape index (κ3) is 4.62. The first-order valence-electron chi connectivity index (χ1n) is 11.6. The van der Waals surface area contributed by atoms with Gasteiger partial charge in [0.2, 0.25) is 5.95 Å². The van der Waals surface area contributed by atoms with Crippen molar-refractivity contribution < 1.29 is 9.18 Å². The number of hydrogen-bond donors (Lipinski definition) is 0. The number of hydrogen-bond acceptors (Lipinski definition) is 6. The molecule has 0 aliphatic carbocycles. The first kappa shape index (κ1) is 22.6. The standard InChI is InChI=1S/C26H26FN7O/c1-32(2)26-29-17-21(18-7-10-20(27)11-8-18)24(31-26)22-6-3-4-14-33(22)25(35)19-9-12-23(28-16-19)34-15-5-13-30-34/h5,7-13,15-17,22H,3-4,6,14H2,1-2H3. The van der Waals surface area contributed by atoms with E-state index in [0.717, 1.165) is 36.1 Å². The van der Waals surface area contributed by atoms with Gasteiger partial charge < -0.3 is 9.80 Å². The summed E-state index contributed by atoms with van der Waals surface area (Å²) in [6, 6.07) is 11.5. The van der Waals surface area contributed by atoms with Gasteiger partial charge in [0.25, 0.3) is 5.91 Å². The highest BCUT2D eigenvalue weighted by Gasteiger charge is 2.32. The zero-order valence-corrected chi connectivity index (χ0v) is 19.7. The van der Waals surface area contributed by atoms with Crippen molar-refractivity contribution in [3.05, 3.63) is 84.3 Å². The number of carbonyl (C=O) groups is 1. The lowest BCUT2D eigenvalue weighted by Crippen LogP contribution is -2.39. The minimum atomic E-state index is -0.304. The van der Waals surface area contributed by atoms with Crippen LogP contribution in [0.2, 0.25) is 0 Å². The predicted molar refractivity (Wildman–Crippen MR) is 131 cm³/mol. The largest absolute Gasteiger partial charge is 0.347 e. The molecule has 1 aromatic carbocycles. The van der Waals surface area contributed by atoms with Gasteiger partial charge in [-0.05, 0) is 55.2 Å². The average Bonchev–Trinajstić information content (AvgIpc) is 3.44. The van der Waals surface area contributed by atoms with E-state index in [0.29, 0.717) is 23.9 Å². The maximum atomic E-state index is 13.7. The summed E-state index contributed by atoms with van der Waals surface area (Å²) in [5.74, 6) is 0.812. The van der Waals surface area contributed by atoms with E-state index in [1.165, 1.54) is 12.1 Å². The molecule has 3 aromatic heterocycles. The zero-order chi connectivity index (χ0) is 24.4. The van der Waals surface area contributed by atoms with Crippen molar-refractivity contribution >= 4 is 11.9 Å². The summed E-state index contributed by atoms with van der Waals surface area (Å²) in [5.41, 5.74) is 2.89. The SMILES string of the molecule is CN(C)c1ncc(-c2ccc(F)cc2)c(C2CCCCN2C(=O)c2ccc(-n3cccn3)nc2)n1. The smallest absolute Gasteiger partial charge is 0.255 e. The van der Waals surface area contributed by atoms with Crippen LogP contribution in [0.25, 0.3) is 16.9 Å². The second-order valence-electron chi connectivity index (χ2n) is 8.74. The fraction of sp³-hybridized carbons (Fsp3) is 0.269. The Hall–Kier alpha value is -4.14. The van der Waals surface area contributed by atoms with Crippen LogP contribution in [0.4, 0.5) is 10.3 Å². The number of aromatic nitrogens is 5. The number of halogens is 1. The highest BCUT2D eigenvalue weighted by atomic mass is 19.1. The molecule has 1 atom stereocenters. The van der Waals surface area contributed by atoms with E-state index in [9.17, 15) is 9.18 Å². The Morgan fingerprint density at radius 3 is 2.57 bits per heavy atom. The molecule has 0 radical (unpaired) electrons. The van der Waals surface area contributed by atoms with Gasteiger partial charge in [0.05, 0.1) is 17.3 Å². The van der Waals surface area contributed by atoms with Gasteiger partial charge in [-0.2, -0.15) is 5.10 Å². The summed E-state index contributed by atoms with van der Waals surface area (Å²) in [7, 11) is 3.76. The van der Waals surface area contributed by atoms with Crippen molar-refractivity contribution in [1.29, 1.82) is 0 Å². The lowest BCUT2D eigenvalue weighted by molar-refractivity contribution is 0.0606. The topological polar surface area (TPSA) is 80.0 Å². The molecule has 4 aromatic rings. The predicted octanol–water partition coefficient (Wildman–Crippen LogP) is 4.30. The molecule has 4 heterocycles. The summed E-state index contributed by atoms with van der Waals surface area (Å²) in [6.07, 6.45) is 9.52. The van der Waals surface area contributed by atoms with Crippen molar-refractivity contribution in [2.45, 2.75) is 25.3 Å². The molecule has 178 valence electrons. The summed E-state index contributed by atoms with van der Waals surface area (Å²) >= 11 is 0. The number of nitrogens with zero attached hydrogens (tertiary/aromatic N) is 7. The number of benzene rings is 1. The summed E-state index contributed by atoms with van der Waals surface area (Å²) in [6.45, 7) is 0.620. The molecule has 1 fully saturated rings. The summed E-state index contributed by atoms with van der Waals surface area (Å²) < 4.78 is 15.2. The quantitative estimate of drug-likeness (QED) is 0.432. The second kappa shape index (κ2) is 9.61. The molecule has 1 aliphatic rings. The van der Waals surface area contributed by atoms with E-state index in [4.69, 9.17) is 4.98 Å². The van der Waals surface area contributed by atoms with Crippen LogP contribution in [-0.2, 0) is 0 Å². The molecule has 0 saturated carbocycles. The Kier molecular flexibility index (Phi) is 6.22. The van der Waals surface area contributed by atoms with Crippen LogP contribution in [0.1, 0.15) is 41.4 Å². The zero-order valence-electron chi connectivity index (χ0n) is 19.7. The van der Waals surface area contributed by atoms with Crippen LogP contribution >= 0.6 is 0 Å². The lowest BCUT2D eigenvalue weighted by Gasteiger charge is -2.36. The maximum absolute atomic E-state index is 13.7. The number of amides is 1. The number of pyridine rings is 1. The molecule has 1 aliphatic heterocycles. The number of rotatable bonds is 5. The van der Waals surface area contributed by atoms with E-state index >= 15 is 0 Å². The molecule has 9 heteroatoms. The van der Waals surface area contributed by atoms with Crippen LogP contribution in [-0.4, -0.2) is 56.2 Å². The normalized spacial score (nSPS) is 15.7. The molecule has 1 amide bonds. The number of likely N-dealkylation sites (tertiary alicyclic amines) is 1. The van der Waals surface area contributed by atoms with E-state index in [1.54, 1.807) is 53.7 Å². The van der Waals surface area contributed by atoms with Crippen LogP contribution in [0, 0.1) is 5.82 Å². The third-order valence-electron chi connectivity index (χ3n) is 6.17. The van der Waals surface area contributed by atoms with Crippen molar-refractivity contribution in [3.63, 3.8) is 0 Å². The van der Waals surface area contributed by atoms with Gasteiger partial charge in [-0.15, -0.1) is 0 Å². The second-order valence-corrected chi connectivity index (χ2v) is 8.74. The molecule has 0 N–H and O–H groups in total. The van der Waals surface area contributed by atoms with Gasteiger partial charge >= 0.3 is 0 Å². The fourth-order valence-corrected chi connectivity index (χ4v) is 4.38. The Morgan fingerprint density at radius 2 is 1.89 bits per heavy atom. The highest BCUT2D eigenvalue weighted by Crippen LogP contribution is 2.37. The Bertz CT molecular complexity index is 1300. The van der Waals surface area contributed by atoms with E-state index < -0.39 is 0 Å².